The molecule has 0 saturated heterocycles. The summed E-state index contributed by atoms with van der Waals surface area (Å²) in [6.07, 6.45) is 0. The van der Waals surface area contributed by atoms with Gasteiger partial charge in [-0.1, -0.05) is 69.5 Å². The van der Waals surface area contributed by atoms with Gasteiger partial charge in [0.1, 0.15) is 12.6 Å². The fourth-order valence-corrected chi connectivity index (χ4v) is 5.72. The molecule has 7 nitrogen and oxygen atoms in total. The summed E-state index contributed by atoms with van der Waals surface area (Å²) in [7, 11) is -4.19. The molecule has 0 aliphatic carbocycles. The monoisotopic (exact) mass is 653 g/mol. The van der Waals surface area contributed by atoms with Gasteiger partial charge in [0.05, 0.1) is 20.6 Å². The molecule has 39 heavy (non-hydrogen) atoms. The van der Waals surface area contributed by atoms with Gasteiger partial charge in [-0.3, -0.25) is 13.9 Å². The molecular formula is C28H30BrCl2N3O4S. The van der Waals surface area contributed by atoms with Gasteiger partial charge in [-0.15, -0.1) is 0 Å². The minimum Gasteiger partial charge on any atom is -0.350 e. The second-order valence-electron chi connectivity index (χ2n) is 9.99. The number of nitrogens with zero attached hydrogens (tertiary/aromatic N) is 2. The van der Waals surface area contributed by atoms with E-state index in [0.717, 1.165) is 14.3 Å². The van der Waals surface area contributed by atoms with E-state index in [1.165, 1.54) is 35.2 Å². The van der Waals surface area contributed by atoms with Gasteiger partial charge in [0.25, 0.3) is 10.0 Å². The first kappa shape index (κ1) is 30.9. The van der Waals surface area contributed by atoms with E-state index in [1.807, 2.05) is 45.0 Å². The molecule has 0 saturated carbocycles. The molecule has 1 unspecified atom stereocenters. The van der Waals surface area contributed by atoms with E-state index in [0.29, 0.717) is 0 Å². The van der Waals surface area contributed by atoms with E-state index in [4.69, 9.17) is 23.2 Å². The standard InChI is InChI=1S/C28H30BrCl2N3O4S/c1-19(27(36)32-28(2,3)4)33(17-20-10-12-21(29)13-11-20)26(35)18-34(22-14-15-24(30)25(31)16-22)39(37,38)23-8-6-5-7-9-23/h5-16,19H,17-18H2,1-4H3,(H,32,36). The van der Waals surface area contributed by atoms with Crippen molar-refractivity contribution in [1.29, 1.82) is 0 Å². The Morgan fingerprint density at radius 2 is 1.56 bits per heavy atom. The largest absolute Gasteiger partial charge is 0.350 e. The summed E-state index contributed by atoms with van der Waals surface area (Å²) in [4.78, 5) is 28.4. The highest BCUT2D eigenvalue weighted by molar-refractivity contribution is 9.10. The van der Waals surface area contributed by atoms with Gasteiger partial charge in [0, 0.05) is 16.6 Å². The van der Waals surface area contributed by atoms with E-state index in [-0.39, 0.29) is 33.1 Å². The molecule has 3 aromatic carbocycles. The number of nitrogens with one attached hydrogen (secondary N) is 1. The van der Waals surface area contributed by atoms with E-state index >= 15 is 0 Å². The predicted molar refractivity (Wildman–Crippen MR) is 159 cm³/mol. The smallest absolute Gasteiger partial charge is 0.264 e. The van der Waals surface area contributed by atoms with Crippen LogP contribution in [0.1, 0.15) is 33.3 Å². The Kier molecular flexibility index (Phi) is 10.1. The van der Waals surface area contributed by atoms with Crippen molar-refractivity contribution in [1.82, 2.24) is 10.2 Å². The molecule has 2 amide bonds. The molecule has 0 aliphatic rings. The first-order valence-corrected chi connectivity index (χ1v) is 15.1. The first-order chi connectivity index (χ1) is 18.2. The van der Waals surface area contributed by atoms with Gasteiger partial charge in [-0.05, 0) is 75.7 Å². The van der Waals surface area contributed by atoms with Crippen LogP contribution in [0, 0.1) is 0 Å². The van der Waals surface area contributed by atoms with Crippen molar-refractivity contribution in [3.8, 4) is 0 Å². The highest BCUT2D eigenvalue weighted by Gasteiger charge is 2.33. The van der Waals surface area contributed by atoms with Crippen molar-refractivity contribution in [2.24, 2.45) is 0 Å². The van der Waals surface area contributed by atoms with Crippen molar-refractivity contribution in [2.75, 3.05) is 10.8 Å². The average Bonchev–Trinajstić information content (AvgIpc) is 2.87. The Labute approximate surface area is 248 Å². The molecule has 11 heteroatoms. The summed E-state index contributed by atoms with van der Waals surface area (Å²) < 4.78 is 29.4. The average molecular weight is 655 g/mol. The number of rotatable bonds is 9. The summed E-state index contributed by atoms with van der Waals surface area (Å²) in [5, 5.41) is 3.28. The SMILES string of the molecule is CC(C(=O)NC(C)(C)C)N(Cc1ccc(Br)cc1)C(=O)CN(c1ccc(Cl)c(Cl)c1)S(=O)(=O)c1ccccc1. The van der Waals surface area contributed by atoms with Crippen molar-refractivity contribution >= 4 is 66.7 Å². The molecule has 3 rings (SSSR count). The fourth-order valence-electron chi connectivity index (χ4n) is 3.73. The molecule has 0 aromatic heterocycles. The number of carbonyl (C=O) groups excluding carboxylic acids is 2. The van der Waals surface area contributed by atoms with Gasteiger partial charge in [-0.25, -0.2) is 8.42 Å². The van der Waals surface area contributed by atoms with Crippen LogP contribution in [0.2, 0.25) is 10.0 Å². The van der Waals surface area contributed by atoms with Crippen LogP contribution < -0.4 is 9.62 Å². The highest BCUT2D eigenvalue weighted by atomic mass is 79.9. The summed E-state index contributed by atoms with van der Waals surface area (Å²) in [5.74, 6) is -0.931. The third-order valence-corrected chi connectivity index (χ3v) is 8.79. The van der Waals surface area contributed by atoms with Crippen LogP contribution in [-0.4, -0.2) is 43.3 Å². The van der Waals surface area contributed by atoms with E-state index in [1.54, 1.807) is 25.1 Å². The third kappa shape index (κ3) is 8.20. The predicted octanol–water partition coefficient (Wildman–Crippen LogP) is 6.28. The van der Waals surface area contributed by atoms with Crippen LogP contribution in [-0.2, 0) is 26.2 Å². The quantitative estimate of drug-likeness (QED) is 0.294. The third-order valence-electron chi connectivity index (χ3n) is 5.73. The number of halogens is 3. The maximum Gasteiger partial charge on any atom is 0.264 e. The van der Waals surface area contributed by atoms with Crippen molar-refractivity contribution in [2.45, 2.75) is 50.7 Å². The molecule has 0 radical (unpaired) electrons. The first-order valence-electron chi connectivity index (χ1n) is 12.1. The van der Waals surface area contributed by atoms with Crippen LogP contribution >= 0.6 is 39.1 Å². The molecule has 0 spiro atoms. The second kappa shape index (κ2) is 12.7. The second-order valence-corrected chi connectivity index (χ2v) is 13.6. The topological polar surface area (TPSA) is 86.8 Å². The number of anilines is 1. The number of benzene rings is 3. The lowest BCUT2D eigenvalue weighted by Crippen LogP contribution is -2.54. The fraction of sp³-hybridized carbons (Fsp3) is 0.286. The van der Waals surface area contributed by atoms with E-state index in [2.05, 4.69) is 21.2 Å². The van der Waals surface area contributed by atoms with Gasteiger partial charge in [0.2, 0.25) is 11.8 Å². The number of sulfonamides is 1. The van der Waals surface area contributed by atoms with Gasteiger partial charge in [0.15, 0.2) is 0 Å². The highest BCUT2D eigenvalue weighted by Crippen LogP contribution is 2.31. The maximum absolute atomic E-state index is 13.9. The number of amides is 2. The van der Waals surface area contributed by atoms with Crippen molar-refractivity contribution in [3.63, 3.8) is 0 Å². The minimum absolute atomic E-state index is 0.00172. The van der Waals surface area contributed by atoms with Crippen LogP contribution in [0.3, 0.4) is 0 Å². The van der Waals surface area contributed by atoms with Crippen LogP contribution in [0.5, 0.6) is 0 Å². The number of hydrogen-bond donors (Lipinski definition) is 1. The Bertz CT molecular complexity index is 1430. The lowest BCUT2D eigenvalue weighted by atomic mass is 10.1. The van der Waals surface area contributed by atoms with E-state index in [9.17, 15) is 18.0 Å². The molecule has 208 valence electrons. The Hall–Kier alpha value is -2.59. The van der Waals surface area contributed by atoms with Crippen LogP contribution in [0.15, 0.2) is 82.2 Å². The normalized spacial score (nSPS) is 12.5. The van der Waals surface area contributed by atoms with Crippen molar-refractivity contribution in [3.05, 3.63) is 92.9 Å². The van der Waals surface area contributed by atoms with E-state index < -0.39 is 34.1 Å². The summed E-state index contributed by atoms with van der Waals surface area (Å²) in [6.45, 7) is 6.67. The number of carbonyl (C=O) groups is 2. The summed E-state index contributed by atoms with van der Waals surface area (Å²) in [5.41, 5.74) is 0.409. The van der Waals surface area contributed by atoms with Crippen molar-refractivity contribution < 1.29 is 18.0 Å². The summed E-state index contributed by atoms with van der Waals surface area (Å²) in [6, 6.07) is 18.6. The number of hydrogen-bond acceptors (Lipinski definition) is 4. The van der Waals surface area contributed by atoms with Gasteiger partial charge >= 0.3 is 0 Å². The Morgan fingerprint density at radius 3 is 2.13 bits per heavy atom. The molecule has 3 aromatic rings. The molecule has 0 fully saturated rings. The molecule has 0 aliphatic heterocycles. The molecule has 1 atom stereocenters. The minimum atomic E-state index is -4.19. The summed E-state index contributed by atoms with van der Waals surface area (Å²) >= 11 is 15.7. The molecular weight excluding hydrogens is 625 g/mol. The maximum atomic E-state index is 13.9. The zero-order valence-electron chi connectivity index (χ0n) is 22.0. The van der Waals surface area contributed by atoms with Crippen LogP contribution in [0.25, 0.3) is 0 Å². The zero-order valence-corrected chi connectivity index (χ0v) is 25.9. The Morgan fingerprint density at radius 1 is 0.949 bits per heavy atom. The van der Waals surface area contributed by atoms with Gasteiger partial charge < -0.3 is 10.2 Å². The lowest BCUT2D eigenvalue weighted by Gasteiger charge is -2.33. The van der Waals surface area contributed by atoms with Crippen LogP contribution in [0.4, 0.5) is 5.69 Å². The van der Waals surface area contributed by atoms with Gasteiger partial charge in [-0.2, -0.15) is 0 Å². The Balaban J connectivity index is 2.04. The molecule has 0 bridgehead atoms. The lowest BCUT2D eigenvalue weighted by molar-refractivity contribution is -0.140. The molecule has 1 N–H and O–H groups in total. The zero-order chi connectivity index (χ0) is 29.0. The molecule has 0 heterocycles.